The van der Waals surface area contributed by atoms with Crippen molar-refractivity contribution in [1.82, 2.24) is 19.9 Å². The van der Waals surface area contributed by atoms with Gasteiger partial charge in [0.05, 0.1) is 7.11 Å². The van der Waals surface area contributed by atoms with Gasteiger partial charge >= 0.3 is 0 Å². The predicted molar refractivity (Wildman–Crippen MR) is 93.5 cm³/mol. The first-order chi connectivity index (χ1) is 11.8. The van der Waals surface area contributed by atoms with Crippen LogP contribution in [0.25, 0.3) is 33.3 Å². The van der Waals surface area contributed by atoms with E-state index in [1.165, 1.54) is 0 Å². The van der Waals surface area contributed by atoms with Gasteiger partial charge in [-0.2, -0.15) is 0 Å². The Balaban J connectivity index is 1.89. The van der Waals surface area contributed by atoms with E-state index in [1.54, 1.807) is 25.7 Å². The van der Waals surface area contributed by atoms with Crippen molar-refractivity contribution in [3.63, 3.8) is 0 Å². The molecule has 0 fully saturated rings. The average Bonchev–Trinajstić information content (AvgIpc) is 3.05. The summed E-state index contributed by atoms with van der Waals surface area (Å²) in [6, 6.07) is 9.98. The highest BCUT2D eigenvalue weighted by atomic mass is 16.5. The van der Waals surface area contributed by atoms with Crippen LogP contribution in [0.5, 0.6) is 5.75 Å². The molecule has 0 bridgehead atoms. The quantitative estimate of drug-likeness (QED) is 0.605. The maximum absolute atomic E-state index is 5.55. The molecule has 6 heteroatoms. The van der Waals surface area contributed by atoms with Crippen molar-refractivity contribution in [2.75, 3.05) is 12.8 Å². The monoisotopic (exact) mass is 317 g/mol. The Morgan fingerprint density at radius 1 is 0.958 bits per heavy atom. The predicted octanol–water partition coefficient (Wildman–Crippen LogP) is 3.28. The second kappa shape index (κ2) is 5.66. The molecule has 4 rings (SSSR count). The van der Waals surface area contributed by atoms with Crippen molar-refractivity contribution in [3.05, 3.63) is 55.1 Å². The number of anilines is 1. The molecule has 3 N–H and O–H groups in total. The van der Waals surface area contributed by atoms with Crippen LogP contribution in [0.4, 0.5) is 5.95 Å². The highest BCUT2D eigenvalue weighted by molar-refractivity contribution is 5.97. The number of fused-ring (bicyclic) bond motifs is 1. The lowest BCUT2D eigenvalue weighted by Gasteiger charge is -2.07. The van der Waals surface area contributed by atoms with Gasteiger partial charge in [0.25, 0.3) is 0 Å². The molecular weight excluding hydrogens is 302 g/mol. The van der Waals surface area contributed by atoms with Crippen molar-refractivity contribution in [2.45, 2.75) is 0 Å². The summed E-state index contributed by atoms with van der Waals surface area (Å²) in [6.07, 6.45) is 7.12. The number of pyridine rings is 1. The van der Waals surface area contributed by atoms with E-state index >= 15 is 0 Å². The minimum atomic E-state index is 0.254. The maximum Gasteiger partial charge on any atom is 0.219 e. The second-order valence-corrected chi connectivity index (χ2v) is 5.35. The number of nitrogens with one attached hydrogen (secondary N) is 1. The molecule has 24 heavy (non-hydrogen) atoms. The molecule has 118 valence electrons. The Kier molecular flexibility index (Phi) is 3.35. The number of nitrogen functional groups attached to an aromatic ring is 1. The van der Waals surface area contributed by atoms with Crippen molar-refractivity contribution in [2.24, 2.45) is 0 Å². The summed E-state index contributed by atoms with van der Waals surface area (Å²) in [4.78, 5) is 15.8. The first-order valence-electron chi connectivity index (χ1n) is 7.44. The summed E-state index contributed by atoms with van der Waals surface area (Å²) in [5.74, 6) is 1.07. The molecule has 3 aromatic heterocycles. The normalized spacial score (nSPS) is 10.9. The van der Waals surface area contributed by atoms with Gasteiger partial charge in [0.1, 0.15) is 11.4 Å². The number of nitrogens with zero attached hydrogens (tertiary/aromatic N) is 3. The van der Waals surface area contributed by atoms with Crippen molar-refractivity contribution >= 4 is 17.0 Å². The molecule has 6 nitrogen and oxygen atoms in total. The number of nitrogens with two attached hydrogens (primary N) is 1. The number of rotatable bonds is 3. The number of H-pyrrole nitrogens is 1. The van der Waals surface area contributed by atoms with E-state index in [-0.39, 0.29) is 5.95 Å². The Morgan fingerprint density at radius 2 is 1.71 bits per heavy atom. The van der Waals surface area contributed by atoms with Crippen LogP contribution in [0.2, 0.25) is 0 Å². The van der Waals surface area contributed by atoms with E-state index in [4.69, 9.17) is 10.5 Å². The SMILES string of the molecule is COc1ccccc1-c1c[nH]c2ncc(-c3cnc(N)nc3)cc12. The summed E-state index contributed by atoms with van der Waals surface area (Å²) >= 11 is 0. The van der Waals surface area contributed by atoms with Gasteiger partial charge in [-0.3, -0.25) is 0 Å². The zero-order chi connectivity index (χ0) is 16.5. The van der Waals surface area contributed by atoms with Crippen LogP contribution in [0.1, 0.15) is 0 Å². The third kappa shape index (κ3) is 2.34. The molecule has 0 aliphatic carbocycles. The van der Waals surface area contributed by atoms with Gasteiger partial charge in [-0.05, 0) is 12.1 Å². The molecule has 0 aliphatic rings. The molecule has 3 heterocycles. The number of benzene rings is 1. The molecule has 0 amide bonds. The highest BCUT2D eigenvalue weighted by Gasteiger charge is 2.12. The van der Waals surface area contributed by atoms with Gasteiger partial charge in [-0.25, -0.2) is 15.0 Å². The molecule has 0 aliphatic heterocycles. The number of hydrogen-bond donors (Lipinski definition) is 2. The Bertz CT molecular complexity index is 1010. The number of ether oxygens (including phenoxy) is 1. The number of aromatic amines is 1. The fraction of sp³-hybridized carbons (Fsp3) is 0.0556. The maximum atomic E-state index is 5.55. The Labute approximate surface area is 138 Å². The van der Waals surface area contributed by atoms with Crippen LogP contribution in [0.3, 0.4) is 0 Å². The van der Waals surface area contributed by atoms with E-state index in [9.17, 15) is 0 Å². The summed E-state index contributed by atoms with van der Waals surface area (Å²) in [6.45, 7) is 0. The summed E-state index contributed by atoms with van der Waals surface area (Å²) < 4.78 is 5.48. The third-order valence-electron chi connectivity index (χ3n) is 3.93. The van der Waals surface area contributed by atoms with E-state index in [0.717, 1.165) is 39.0 Å². The van der Waals surface area contributed by atoms with Gasteiger partial charge in [0.15, 0.2) is 0 Å². The Hall–Kier alpha value is -3.41. The van der Waals surface area contributed by atoms with Gasteiger partial charge in [-0.1, -0.05) is 18.2 Å². The zero-order valence-corrected chi connectivity index (χ0v) is 13.0. The number of methoxy groups -OCH3 is 1. The summed E-state index contributed by atoms with van der Waals surface area (Å²) in [5.41, 5.74) is 10.2. The van der Waals surface area contributed by atoms with Crippen LogP contribution in [-0.4, -0.2) is 27.0 Å². The van der Waals surface area contributed by atoms with Crippen LogP contribution in [0, 0.1) is 0 Å². The minimum absolute atomic E-state index is 0.254. The molecule has 0 saturated heterocycles. The largest absolute Gasteiger partial charge is 0.496 e. The molecule has 0 radical (unpaired) electrons. The third-order valence-corrected chi connectivity index (χ3v) is 3.93. The number of hydrogen-bond acceptors (Lipinski definition) is 5. The topological polar surface area (TPSA) is 89.7 Å². The number of para-hydroxylation sites is 1. The summed E-state index contributed by atoms with van der Waals surface area (Å²) in [5, 5.41) is 1.01. The van der Waals surface area contributed by atoms with E-state index < -0.39 is 0 Å². The van der Waals surface area contributed by atoms with Crippen molar-refractivity contribution < 1.29 is 4.74 Å². The second-order valence-electron chi connectivity index (χ2n) is 5.35. The average molecular weight is 317 g/mol. The molecular formula is C18H15N5O. The highest BCUT2D eigenvalue weighted by Crippen LogP contribution is 2.35. The molecule has 0 unspecified atom stereocenters. The van der Waals surface area contributed by atoms with Crippen molar-refractivity contribution in [3.8, 4) is 28.0 Å². The van der Waals surface area contributed by atoms with E-state index in [1.807, 2.05) is 30.5 Å². The fourth-order valence-corrected chi connectivity index (χ4v) is 2.74. The lowest BCUT2D eigenvalue weighted by atomic mass is 10.0. The van der Waals surface area contributed by atoms with E-state index in [0.29, 0.717) is 0 Å². The van der Waals surface area contributed by atoms with Crippen LogP contribution >= 0.6 is 0 Å². The smallest absolute Gasteiger partial charge is 0.219 e. The minimum Gasteiger partial charge on any atom is -0.496 e. The lowest BCUT2D eigenvalue weighted by molar-refractivity contribution is 0.416. The fourth-order valence-electron chi connectivity index (χ4n) is 2.74. The van der Waals surface area contributed by atoms with Gasteiger partial charge in [0.2, 0.25) is 5.95 Å². The lowest BCUT2D eigenvalue weighted by Crippen LogP contribution is -1.93. The molecule has 4 aromatic rings. The van der Waals surface area contributed by atoms with Crippen LogP contribution < -0.4 is 10.5 Å². The molecule has 0 spiro atoms. The zero-order valence-electron chi connectivity index (χ0n) is 13.0. The van der Waals surface area contributed by atoms with Crippen LogP contribution in [0.15, 0.2) is 55.1 Å². The van der Waals surface area contributed by atoms with Gasteiger partial charge in [-0.15, -0.1) is 0 Å². The first kappa shape index (κ1) is 14.2. The molecule has 0 saturated carbocycles. The van der Waals surface area contributed by atoms with Crippen molar-refractivity contribution in [1.29, 1.82) is 0 Å². The Morgan fingerprint density at radius 3 is 2.50 bits per heavy atom. The standard InChI is InChI=1S/C18H15N5O/c1-24-16-5-3-2-4-13(16)15-10-21-17-14(15)6-11(7-20-17)12-8-22-18(19)23-9-12/h2-10H,1H3,(H,20,21)(H2,19,22,23). The van der Waals surface area contributed by atoms with Gasteiger partial charge < -0.3 is 15.5 Å². The summed E-state index contributed by atoms with van der Waals surface area (Å²) in [7, 11) is 1.67. The first-order valence-corrected chi connectivity index (χ1v) is 7.44. The number of aromatic nitrogens is 4. The molecule has 1 aromatic carbocycles. The van der Waals surface area contributed by atoms with Gasteiger partial charge in [0, 0.05) is 52.4 Å². The molecule has 0 atom stereocenters. The van der Waals surface area contributed by atoms with Crippen LogP contribution in [-0.2, 0) is 0 Å². The van der Waals surface area contributed by atoms with E-state index in [2.05, 4.69) is 26.0 Å².